The van der Waals surface area contributed by atoms with Crippen molar-refractivity contribution in [3.8, 4) is 0 Å². The maximum Gasteiger partial charge on any atom is 0.0660 e. The lowest BCUT2D eigenvalue weighted by atomic mass is 9.51. The van der Waals surface area contributed by atoms with Crippen LogP contribution in [0.25, 0.3) is 0 Å². The zero-order chi connectivity index (χ0) is 10.4. The lowest BCUT2D eigenvalue weighted by molar-refractivity contribution is -0.0178. The molecule has 4 fully saturated rings. The molecule has 0 nitrogen and oxygen atoms in total. The van der Waals surface area contributed by atoms with Crippen LogP contribution in [0, 0.1) is 40.4 Å². The van der Waals surface area contributed by atoms with Crippen molar-refractivity contribution in [2.75, 3.05) is 0 Å². The normalized spacial score (nSPS) is 66.9. The first-order valence-corrected chi connectivity index (χ1v) is 6.68. The highest BCUT2D eigenvalue weighted by atomic mass is 15.0. The van der Waals surface area contributed by atoms with Gasteiger partial charge in [0.05, 0.1) is 15.7 Å². The molecule has 4 aliphatic rings. The van der Waals surface area contributed by atoms with Crippen LogP contribution in [0.15, 0.2) is 0 Å². The van der Waals surface area contributed by atoms with Gasteiger partial charge in [-0.05, 0) is 53.3 Å². The predicted octanol–water partition coefficient (Wildman–Crippen LogP) is 2.46. The summed E-state index contributed by atoms with van der Waals surface area (Å²) in [4.78, 5) is 0. The van der Waals surface area contributed by atoms with Crippen molar-refractivity contribution in [2.45, 2.75) is 38.8 Å². The Morgan fingerprint density at radius 3 is 2.67 bits per heavy atom. The molecule has 0 bridgehead atoms. The third-order valence-corrected chi connectivity index (χ3v) is 6.60. The Kier molecular flexibility index (Phi) is 1.45. The van der Waals surface area contributed by atoms with Crippen molar-refractivity contribution in [2.24, 2.45) is 40.4 Å². The number of hydrogen-bond donors (Lipinski definition) is 0. The molecular formula is C13H18B2. The van der Waals surface area contributed by atoms with Gasteiger partial charge in [-0.3, -0.25) is 0 Å². The van der Waals surface area contributed by atoms with Crippen molar-refractivity contribution < 1.29 is 0 Å². The van der Waals surface area contributed by atoms with Gasteiger partial charge in [0.15, 0.2) is 0 Å². The van der Waals surface area contributed by atoms with E-state index < -0.39 is 0 Å². The van der Waals surface area contributed by atoms with Gasteiger partial charge in [-0.1, -0.05) is 26.0 Å². The molecule has 0 amide bonds. The molecule has 0 saturated heterocycles. The highest BCUT2D eigenvalue weighted by Crippen LogP contribution is 2.98. The van der Waals surface area contributed by atoms with Crippen LogP contribution in [0.3, 0.4) is 0 Å². The van der Waals surface area contributed by atoms with Gasteiger partial charge in [-0.15, -0.1) is 0 Å². The Bertz CT molecular complexity index is 326. The van der Waals surface area contributed by atoms with Crippen LogP contribution in [0.4, 0.5) is 0 Å². The highest BCUT2D eigenvalue weighted by molar-refractivity contribution is 6.10. The molecule has 0 heterocycles. The zero-order valence-corrected chi connectivity index (χ0v) is 9.58. The fraction of sp³-hybridized carbons (Fsp3) is 1.00. The molecule has 0 N–H and O–H groups in total. The van der Waals surface area contributed by atoms with Crippen LogP contribution in [-0.2, 0) is 0 Å². The largest absolute Gasteiger partial charge is 0.0851 e. The summed E-state index contributed by atoms with van der Waals surface area (Å²) in [6.45, 7) is 2.33. The molecule has 4 rings (SSSR count). The molecule has 4 radical (unpaired) electrons. The molecule has 0 aliphatic heterocycles. The molecule has 7 atom stereocenters. The number of hydrogen-bond acceptors (Lipinski definition) is 0. The topological polar surface area (TPSA) is 0 Å². The molecular weight excluding hydrogens is 178 g/mol. The molecule has 4 saturated carbocycles. The molecule has 0 aromatic rings. The summed E-state index contributed by atoms with van der Waals surface area (Å²) in [5.74, 6) is 4.92. The number of rotatable bonds is 4. The van der Waals surface area contributed by atoms with E-state index in [0.29, 0.717) is 10.8 Å². The summed E-state index contributed by atoms with van der Waals surface area (Å²) in [6, 6.07) is 0. The third-order valence-electron chi connectivity index (χ3n) is 6.60. The van der Waals surface area contributed by atoms with E-state index >= 15 is 0 Å². The highest BCUT2D eigenvalue weighted by Gasteiger charge is 2.93. The molecule has 15 heavy (non-hydrogen) atoms. The predicted molar refractivity (Wildman–Crippen MR) is 63.0 cm³/mol. The van der Waals surface area contributed by atoms with E-state index in [2.05, 4.69) is 6.92 Å². The van der Waals surface area contributed by atoms with Crippen molar-refractivity contribution in [1.82, 2.24) is 0 Å². The quantitative estimate of drug-likeness (QED) is 0.605. The van der Waals surface area contributed by atoms with Crippen molar-refractivity contribution in [1.29, 1.82) is 0 Å². The Morgan fingerprint density at radius 2 is 2.07 bits per heavy atom. The Labute approximate surface area is 95.4 Å². The lowest BCUT2D eigenvalue weighted by Gasteiger charge is -2.51. The summed E-state index contributed by atoms with van der Waals surface area (Å²) >= 11 is 0. The molecule has 4 aliphatic carbocycles. The van der Waals surface area contributed by atoms with Crippen molar-refractivity contribution in [3.05, 3.63) is 0 Å². The smallest absolute Gasteiger partial charge is 0.0660 e. The van der Waals surface area contributed by atoms with E-state index in [9.17, 15) is 0 Å². The minimum atomic E-state index is 0.621. The first-order chi connectivity index (χ1) is 7.28. The van der Waals surface area contributed by atoms with Gasteiger partial charge in [-0.25, -0.2) is 0 Å². The van der Waals surface area contributed by atoms with Crippen LogP contribution < -0.4 is 0 Å². The van der Waals surface area contributed by atoms with Gasteiger partial charge in [0.25, 0.3) is 0 Å². The summed E-state index contributed by atoms with van der Waals surface area (Å²) < 4.78 is 0. The minimum Gasteiger partial charge on any atom is -0.0851 e. The zero-order valence-electron chi connectivity index (χ0n) is 9.58. The third kappa shape index (κ3) is 0.660. The van der Waals surface area contributed by atoms with Gasteiger partial charge in [0.2, 0.25) is 0 Å². The van der Waals surface area contributed by atoms with Gasteiger partial charge in [-0.2, -0.15) is 0 Å². The summed E-state index contributed by atoms with van der Waals surface area (Å²) in [5.41, 5.74) is 1.30. The van der Waals surface area contributed by atoms with Crippen molar-refractivity contribution in [3.63, 3.8) is 0 Å². The van der Waals surface area contributed by atoms with Crippen molar-refractivity contribution >= 4 is 15.7 Å². The maximum atomic E-state index is 6.02. The Morgan fingerprint density at radius 1 is 1.27 bits per heavy atom. The van der Waals surface area contributed by atoms with Crippen LogP contribution in [-0.4, -0.2) is 15.7 Å². The van der Waals surface area contributed by atoms with Crippen LogP contribution in [0.2, 0.25) is 12.6 Å². The minimum absolute atomic E-state index is 0.621. The fourth-order valence-electron chi connectivity index (χ4n) is 6.36. The number of fused-ring (bicyclic) bond motifs is 4. The van der Waals surface area contributed by atoms with Gasteiger partial charge >= 0.3 is 0 Å². The standard InChI is InChI=1S/C13H18B2/c1-2-3-13-7(5-14)9-10(11(9)13)12(6-15)4-8(12)13/h7-11H,2-6H2,1H3/t7?,8?,9?,10?,11-,12?,13-/m1/s1. The summed E-state index contributed by atoms with van der Waals surface area (Å²) in [6.07, 6.45) is 6.10. The monoisotopic (exact) mass is 196 g/mol. The second-order valence-corrected chi connectivity index (χ2v) is 6.53. The molecule has 5 unspecified atom stereocenters. The van der Waals surface area contributed by atoms with E-state index in [1.807, 2.05) is 0 Å². The van der Waals surface area contributed by atoms with E-state index in [0.717, 1.165) is 42.2 Å². The van der Waals surface area contributed by atoms with Gasteiger partial charge in [0, 0.05) is 0 Å². The second-order valence-electron chi connectivity index (χ2n) is 6.53. The van der Waals surface area contributed by atoms with Gasteiger partial charge in [0.1, 0.15) is 0 Å². The average Bonchev–Trinajstić information content (AvgIpc) is 3.07. The SMILES string of the molecule is [B]CC1C2C3[C@@H]2[C@@]1(CCC)C1CC31C[B]. The lowest BCUT2D eigenvalue weighted by Crippen LogP contribution is -2.46. The van der Waals surface area contributed by atoms with E-state index in [1.165, 1.54) is 19.3 Å². The summed E-state index contributed by atoms with van der Waals surface area (Å²) in [5, 5.41) is 0. The molecule has 76 valence electrons. The second kappa shape index (κ2) is 2.36. The summed E-state index contributed by atoms with van der Waals surface area (Å²) in [7, 11) is 12.0. The van der Waals surface area contributed by atoms with E-state index in [4.69, 9.17) is 15.7 Å². The molecule has 2 heteroatoms. The average molecular weight is 196 g/mol. The molecule has 0 spiro atoms. The van der Waals surface area contributed by atoms with Crippen LogP contribution >= 0.6 is 0 Å². The fourth-order valence-corrected chi connectivity index (χ4v) is 6.36. The maximum absolute atomic E-state index is 6.02. The molecule has 0 aromatic heterocycles. The van der Waals surface area contributed by atoms with E-state index in [-0.39, 0.29) is 0 Å². The van der Waals surface area contributed by atoms with E-state index in [1.54, 1.807) is 0 Å². The Balaban J connectivity index is 1.71. The Hall–Kier alpha value is 0.130. The molecule has 0 aromatic carbocycles. The van der Waals surface area contributed by atoms with Crippen LogP contribution in [0.5, 0.6) is 0 Å². The first kappa shape index (κ1) is 9.19. The van der Waals surface area contributed by atoms with Crippen LogP contribution in [0.1, 0.15) is 26.2 Å². The van der Waals surface area contributed by atoms with Gasteiger partial charge < -0.3 is 0 Å². The first-order valence-electron chi connectivity index (χ1n) is 6.68.